The molecule has 3 heterocycles. The van der Waals surface area contributed by atoms with E-state index in [0.29, 0.717) is 16.8 Å². The summed E-state index contributed by atoms with van der Waals surface area (Å²) in [5.74, 6) is 0.740. The molecule has 0 radical (unpaired) electrons. The Labute approximate surface area is 194 Å². The first-order valence-corrected chi connectivity index (χ1v) is 12.5. The molecule has 0 N–H and O–H groups in total. The first-order valence-electron chi connectivity index (χ1n) is 10.7. The van der Waals surface area contributed by atoms with E-state index in [1.807, 2.05) is 36.1 Å². The van der Waals surface area contributed by atoms with Gasteiger partial charge in [-0.05, 0) is 60.9 Å². The topological polar surface area (TPSA) is 76.8 Å². The van der Waals surface area contributed by atoms with Gasteiger partial charge in [0.05, 0.1) is 26.7 Å². The Balaban J connectivity index is 1.25. The zero-order valence-electron chi connectivity index (χ0n) is 18.1. The van der Waals surface area contributed by atoms with E-state index in [9.17, 15) is 4.79 Å². The number of piperidine rings is 1. The van der Waals surface area contributed by atoms with Crippen molar-refractivity contribution >= 4 is 39.2 Å². The molecule has 9 heteroatoms. The molecule has 1 aliphatic heterocycles. The summed E-state index contributed by atoms with van der Waals surface area (Å²) in [7, 11) is 0. The number of carbonyl (C=O) groups is 1. The fourth-order valence-corrected chi connectivity index (χ4v) is 6.03. The number of aryl methyl sites for hydroxylation is 2. The number of hydrogen-bond donors (Lipinski definition) is 0. The second-order valence-electron chi connectivity index (χ2n) is 8.15. The quantitative estimate of drug-likeness (QED) is 0.408. The maximum absolute atomic E-state index is 13.0. The predicted molar refractivity (Wildman–Crippen MR) is 128 cm³/mol. The summed E-state index contributed by atoms with van der Waals surface area (Å²) in [6.45, 7) is 5.62. The van der Waals surface area contributed by atoms with E-state index in [2.05, 4.69) is 40.6 Å². The van der Waals surface area contributed by atoms with Crippen LogP contribution < -0.4 is 0 Å². The molecule has 1 aliphatic rings. The largest absolute Gasteiger partial charge is 0.341 e. The highest BCUT2D eigenvalue weighted by Gasteiger charge is 2.27. The smallest absolute Gasteiger partial charge is 0.233 e. The Morgan fingerprint density at radius 3 is 2.94 bits per heavy atom. The second kappa shape index (κ2) is 8.99. The van der Waals surface area contributed by atoms with Crippen LogP contribution in [0.5, 0.6) is 0 Å². The molecule has 1 atom stereocenters. The Kier molecular flexibility index (Phi) is 5.93. The van der Waals surface area contributed by atoms with Crippen LogP contribution >= 0.6 is 23.1 Å². The van der Waals surface area contributed by atoms with E-state index < -0.39 is 0 Å². The minimum Gasteiger partial charge on any atom is -0.341 e. The van der Waals surface area contributed by atoms with Crippen molar-refractivity contribution in [2.45, 2.75) is 37.8 Å². The van der Waals surface area contributed by atoms with Crippen molar-refractivity contribution in [3.8, 4) is 5.69 Å². The minimum atomic E-state index is 0.121. The summed E-state index contributed by atoms with van der Waals surface area (Å²) in [6.07, 6.45) is 2.07. The second-order valence-corrected chi connectivity index (χ2v) is 10.2. The van der Waals surface area contributed by atoms with E-state index in [1.165, 1.54) is 22.0 Å². The van der Waals surface area contributed by atoms with Crippen LogP contribution in [-0.4, -0.2) is 54.8 Å². The van der Waals surface area contributed by atoms with Crippen LogP contribution in [0.15, 0.2) is 47.6 Å². The third kappa shape index (κ3) is 4.27. The Morgan fingerprint density at radius 1 is 1.22 bits per heavy atom. The van der Waals surface area contributed by atoms with Gasteiger partial charge in [-0.2, -0.15) is 4.68 Å². The number of benzene rings is 2. The summed E-state index contributed by atoms with van der Waals surface area (Å²) >= 11 is 3.13. The molecule has 4 aromatic rings. The first kappa shape index (κ1) is 21.1. The van der Waals surface area contributed by atoms with Crippen LogP contribution in [-0.2, 0) is 4.79 Å². The maximum atomic E-state index is 13.0. The molecular formula is C23H24N6OS2. The molecule has 32 heavy (non-hydrogen) atoms. The average molecular weight is 465 g/mol. The van der Waals surface area contributed by atoms with Crippen molar-refractivity contribution in [2.24, 2.45) is 0 Å². The van der Waals surface area contributed by atoms with Crippen LogP contribution in [0, 0.1) is 13.8 Å². The van der Waals surface area contributed by atoms with Gasteiger partial charge in [-0.3, -0.25) is 4.79 Å². The van der Waals surface area contributed by atoms with Crippen molar-refractivity contribution in [1.82, 2.24) is 30.1 Å². The fraction of sp³-hybridized carbons (Fsp3) is 0.348. The monoisotopic (exact) mass is 464 g/mol. The van der Waals surface area contributed by atoms with Crippen molar-refractivity contribution in [3.63, 3.8) is 0 Å². The Morgan fingerprint density at radius 2 is 2.09 bits per heavy atom. The molecule has 164 valence electrons. The van der Waals surface area contributed by atoms with Gasteiger partial charge in [0.25, 0.3) is 0 Å². The van der Waals surface area contributed by atoms with Crippen LogP contribution in [0.2, 0.25) is 0 Å². The number of aromatic nitrogens is 5. The molecule has 1 saturated heterocycles. The van der Waals surface area contributed by atoms with E-state index in [0.717, 1.165) is 47.7 Å². The number of para-hydroxylation sites is 1. The molecular weight excluding hydrogens is 440 g/mol. The molecule has 0 saturated carbocycles. The van der Waals surface area contributed by atoms with Gasteiger partial charge in [0, 0.05) is 19.0 Å². The molecule has 1 amide bonds. The fourth-order valence-electron chi connectivity index (χ4n) is 4.15. The van der Waals surface area contributed by atoms with Crippen LogP contribution in [0.1, 0.15) is 34.9 Å². The number of carbonyl (C=O) groups excluding carboxylic acids is 1. The molecule has 0 spiro atoms. The molecule has 2 aromatic heterocycles. The standard InChI is InChI=1S/C23H24N6OS2/c1-15-9-10-19(16(2)12-15)29-23(25-26-27-29)31-14-21(30)28-11-5-6-17(13-28)22-24-18-7-3-4-8-20(18)32-22/h3-4,7-10,12,17H,5-6,11,13-14H2,1-2H3. The number of tetrazole rings is 1. The van der Waals surface area contributed by atoms with Gasteiger partial charge >= 0.3 is 0 Å². The molecule has 0 bridgehead atoms. The lowest BCUT2D eigenvalue weighted by Crippen LogP contribution is -2.40. The van der Waals surface area contributed by atoms with Crippen LogP contribution in [0.25, 0.3) is 15.9 Å². The van der Waals surface area contributed by atoms with Gasteiger partial charge in [0.1, 0.15) is 0 Å². The molecule has 1 unspecified atom stereocenters. The van der Waals surface area contributed by atoms with Gasteiger partial charge in [-0.25, -0.2) is 4.98 Å². The van der Waals surface area contributed by atoms with E-state index >= 15 is 0 Å². The van der Waals surface area contributed by atoms with Gasteiger partial charge in [0.2, 0.25) is 11.1 Å². The SMILES string of the molecule is Cc1ccc(-n2nnnc2SCC(=O)N2CCCC(c3nc4ccccc4s3)C2)c(C)c1. The highest BCUT2D eigenvalue weighted by atomic mass is 32.2. The van der Waals surface area contributed by atoms with Crippen molar-refractivity contribution < 1.29 is 4.79 Å². The number of rotatable bonds is 5. The number of hydrogen-bond acceptors (Lipinski definition) is 7. The average Bonchev–Trinajstić information content (AvgIpc) is 3.44. The predicted octanol–water partition coefficient (Wildman–Crippen LogP) is 4.39. The lowest BCUT2D eigenvalue weighted by atomic mass is 9.99. The van der Waals surface area contributed by atoms with E-state index in [4.69, 9.17) is 4.98 Å². The number of fused-ring (bicyclic) bond motifs is 1. The maximum Gasteiger partial charge on any atom is 0.233 e. The summed E-state index contributed by atoms with van der Waals surface area (Å²) in [4.78, 5) is 19.8. The van der Waals surface area contributed by atoms with Gasteiger partial charge in [-0.1, -0.05) is 41.6 Å². The summed E-state index contributed by atoms with van der Waals surface area (Å²) in [6, 6.07) is 14.4. The number of likely N-dealkylation sites (tertiary alicyclic amines) is 1. The molecule has 7 nitrogen and oxygen atoms in total. The lowest BCUT2D eigenvalue weighted by Gasteiger charge is -2.31. The van der Waals surface area contributed by atoms with Crippen molar-refractivity contribution in [2.75, 3.05) is 18.8 Å². The zero-order valence-corrected chi connectivity index (χ0v) is 19.7. The van der Waals surface area contributed by atoms with Gasteiger partial charge in [0.15, 0.2) is 0 Å². The third-order valence-electron chi connectivity index (χ3n) is 5.78. The van der Waals surface area contributed by atoms with Gasteiger partial charge in [-0.15, -0.1) is 16.4 Å². The Hall–Kier alpha value is -2.78. The number of nitrogens with zero attached hydrogens (tertiary/aromatic N) is 6. The zero-order chi connectivity index (χ0) is 22.1. The summed E-state index contributed by atoms with van der Waals surface area (Å²) < 4.78 is 2.92. The lowest BCUT2D eigenvalue weighted by molar-refractivity contribution is -0.129. The number of thioether (sulfide) groups is 1. The summed E-state index contributed by atoms with van der Waals surface area (Å²) in [5.41, 5.74) is 4.27. The van der Waals surface area contributed by atoms with Gasteiger partial charge < -0.3 is 4.90 Å². The minimum absolute atomic E-state index is 0.121. The molecule has 2 aromatic carbocycles. The third-order valence-corrected chi connectivity index (χ3v) is 7.88. The molecule has 0 aliphatic carbocycles. The first-order chi connectivity index (χ1) is 15.6. The van der Waals surface area contributed by atoms with E-state index in [1.54, 1.807) is 16.0 Å². The van der Waals surface area contributed by atoms with Crippen molar-refractivity contribution in [1.29, 1.82) is 0 Å². The number of amides is 1. The molecule has 5 rings (SSSR count). The van der Waals surface area contributed by atoms with Crippen LogP contribution in [0.4, 0.5) is 0 Å². The van der Waals surface area contributed by atoms with E-state index in [-0.39, 0.29) is 5.91 Å². The highest BCUT2D eigenvalue weighted by Crippen LogP contribution is 2.33. The molecule has 1 fully saturated rings. The summed E-state index contributed by atoms with van der Waals surface area (Å²) in [5, 5.41) is 13.9. The highest BCUT2D eigenvalue weighted by molar-refractivity contribution is 7.99. The normalized spacial score (nSPS) is 16.6. The van der Waals surface area contributed by atoms with Crippen molar-refractivity contribution in [3.05, 3.63) is 58.6 Å². The number of thiazole rings is 1. The Bertz CT molecular complexity index is 1230. The van der Waals surface area contributed by atoms with Crippen LogP contribution in [0.3, 0.4) is 0 Å².